The highest BCUT2D eigenvalue weighted by Crippen LogP contribution is 2.29. The number of nitrogens with two attached hydrogens (primary N) is 1. The quantitative estimate of drug-likeness (QED) is 0.855. The number of nitrogens with one attached hydrogen (secondary N) is 1. The van der Waals surface area contributed by atoms with Gasteiger partial charge in [0.2, 0.25) is 0 Å². The molecule has 0 atom stereocenters. The van der Waals surface area contributed by atoms with Gasteiger partial charge >= 0.3 is 0 Å². The highest BCUT2D eigenvalue weighted by atomic mass is 35.5. The van der Waals surface area contributed by atoms with Crippen molar-refractivity contribution in [3.63, 3.8) is 0 Å². The van der Waals surface area contributed by atoms with Crippen molar-refractivity contribution in [3.8, 4) is 0 Å². The topological polar surface area (TPSA) is 60.1 Å². The summed E-state index contributed by atoms with van der Waals surface area (Å²) in [5, 5.41) is 3.23. The van der Waals surface area contributed by atoms with Crippen LogP contribution in [0.3, 0.4) is 0 Å². The molecular formula is C20H28ClN3O. The van der Waals surface area contributed by atoms with Gasteiger partial charge in [-0.05, 0) is 38.3 Å². The largest absolute Gasteiger partial charge is 0.345 e. The number of aryl methyl sites for hydroxylation is 1. The predicted molar refractivity (Wildman–Crippen MR) is 104 cm³/mol. The molecule has 0 radical (unpaired) electrons. The first kappa shape index (κ1) is 19.5. The third-order valence-electron chi connectivity index (χ3n) is 5.33. The smallest absolute Gasteiger partial charge is 0.253 e. The predicted octanol–water partition coefficient (Wildman–Crippen LogP) is 3.58. The van der Waals surface area contributed by atoms with Crippen LogP contribution < -0.4 is 11.1 Å². The molecule has 5 heteroatoms. The van der Waals surface area contributed by atoms with Crippen molar-refractivity contribution in [1.82, 2.24) is 9.88 Å². The summed E-state index contributed by atoms with van der Waals surface area (Å²) in [5.41, 5.74) is 9.86. The molecule has 0 saturated heterocycles. The number of hydrogen-bond acceptors (Lipinski definition) is 2. The average molecular weight is 362 g/mol. The lowest BCUT2D eigenvalue weighted by molar-refractivity contribution is 0.0902. The van der Waals surface area contributed by atoms with Crippen LogP contribution in [0.15, 0.2) is 36.4 Å². The highest BCUT2D eigenvalue weighted by molar-refractivity contribution is 5.96. The van der Waals surface area contributed by atoms with Crippen molar-refractivity contribution in [3.05, 3.63) is 58.9 Å². The van der Waals surface area contributed by atoms with Crippen LogP contribution in [0, 0.1) is 13.8 Å². The van der Waals surface area contributed by atoms with Gasteiger partial charge in [0.1, 0.15) is 0 Å². The van der Waals surface area contributed by atoms with Crippen LogP contribution in [0.5, 0.6) is 0 Å². The normalized spacial score (nSPS) is 15.6. The van der Waals surface area contributed by atoms with E-state index in [4.69, 9.17) is 5.73 Å². The molecule has 0 unspecified atom stereocenters. The van der Waals surface area contributed by atoms with Crippen LogP contribution in [0.25, 0.3) is 0 Å². The fourth-order valence-electron chi connectivity index (χ4n) is 3.78. The van der Waals surface area contributed by atoms with Gasteiger partial charge in [-0.25, -0.2) is 0 Å². The van der Waals surface area contributed by atoms with Gasteiger partial charge in [0.05, 0.1) is 11.1 Å². The lowest BCUT2D eigenvalue weighted by Gasteiger charge is -2.28. The van der Waals surface area contributed by atoms with E-state index in [1.165, 1.54) is 5.56 Å². The molecule has 1 fully saturated rings. The van der Waals surface area contributed by atoms with Gasteiger partial charge in [0.15, 0.2) is 0 Å². The Morgan fingerprint density at radius 3 is 2.44 bits per heavy atom. The third kappa shape index (κ3) is 4.07. The fourth-order valence-corrected chi connectivity index (χ4v) is 3.78. The Balaban J connectivity index is 0.00000225. The van der Waals surface area contributed by atoms with E-state index in [1.807, 2.05) is 31.2 Å². The van der Waals surface area contributed by atoms with E-state index < -0.39 is 0 Å². The Labute approximate surface area is 156 Å². The van der Waals surface area contributed by atoms with Gasteiger partial charge in [-0.3, -0.25) is 4.79 Å². The van der Waals surface area contributed by atoms with E-state index in [9.17, 15) is 4.79 Å². The summed E-state index contributed by atoms with van der Waals surface area (Å²) in [6.07, 6.45) is 4.25. The van der Waals surface area contributed by atoms with Crippen LogP contribution in [-0.2, 0) is 6.54 Å². The van der Waals surface area contributed by atoms with Gasteiger partial charge in [-0.1, -0.05) is 43.2 Å². The molecule has 1 heterocycles. The monoisotopic (exact) mass is 361 g/mol. The third-order valence-corrected chi connectivity index (χ3v) is 5.33. The maximum atomic E-state index is 12.8. The second-order valence-electron chi connectivity index (χ2n) is 7.00. The molecule has 4 nitrogen and oxygen atoms in total. The molecule has 2 aromatic rings. The Morgan fingerprint density at radius 2 is 1.84 bits per heavy atom. The number of carbonyl (C=O) groups excluding carboxylic acids is 1. The van der Waals surface area contributed by atoms with Crippen LogP contribution in [0.1, 0.15) is 53.0 Å². The minimum Gasteiger partial charge on any atom is -0.345 e. The van der Waals surface area contributed by atoms with Gasteiger partial charge in [-0.2, -0.15) is 0 Å². The second-order valence-corrected chi connectivity index (χ2v) is 7.00. The molecule has 1 aliphatic rings. The van der Waals surface area contributed by atoms with Crippen molar-refractivity contribution < 1.29 is 4.79 Å². The number of benzene rings is 1. The van der Waals surface area contributed by atoms with Crippen LogP contribution in [0.4, 0.5) is 0 Å². The van der Waals surface area contributed by atoms with Crippen LogP contribution in [-0.4, -0.2) is 22.6 Å². The molecule has 25 heavy (non-hydrogen) atoms. The van der Waals surface area contributed by atoms with Crippen LogP contribution >= 0.6 is 12.4 Å². The van der Waals surface area contributed by atoms with Gasteiger partial charge in [0.25, 0.3) is 5.91 Å². The minimum absolute atomic E-state index is 0. The number of nitrogens with zero attached hydrogens (tertiary/aromatic N) is 1. The SMILES string of the molecule is Cc1cc(C(=O)NC2(CN)CCCC2)c(C)n1Cc1ccccc1.Cl. The molecule has 1 aromatic heterocycles. The molecular weight excluding hydrogens is 334 g/mol. The molecule has 1 saturated carbocycles. The summed E-state index contributed by atoms with van der Waals surface area (Å²) < 4.78 is 2.20. The Bertz CT molecular complexity index is 718. The van der Waals surface area contributed by atoms with Crippen molar-refractivity contribution in [1.29, 1.82) is 0 Å². The first-order valence-electron chi connectivity index (χ1n) is 8.78. The number of hydrogen-bond donors (Lipinski definition) is 2. The van der Waals surface area contributed by atoms with Crippen molar-refractivity contribution in [2.75, 3.05) is 6.54 Å². The number of carbonyl (C=O) groups is 1. The summed E-state index contributed by atoms with van der Waals surface area (Å²) in [4.78, 5) is 12.8. The summed E-state index contributed by atoms with van der Waals surface area (Å²) in [5.74, 6) is 0.00904. The first-order chi connectivity index (χ1) is 11.5. The molecule has 0 bridgehead atoms. The second kappa shape index (κ2) is 8.07. The molecule has 136 valence electrons. The van der Waals surface area contributed by atoms with E-state index in [1.54, 1.807) is 0 Å². The maximum absolute atomic E-state index is 12.8. The number of rotatable bonds is 5. The molecule has 1 aromatic carbocycles. The molecule has 1 aliphatic carbocycles. The Morgan fingerprint density at radius 1 is 1.20 bits per heavy atom. The first-order valence-corrected chi connectivity index (χ1v) is 8.78. The molecule has 0 spiro atoms. The van der Waals surface area contributed by atoms with Crippen molar-refractivity contribution in [2.45, 2.75) is 51.6 Å². The van der Waals surface area contributed by atoms with Crippen molar-refractivity contribution in [2.24, 2.45) is 5.73 Å². The van der Waals surface area contributed by atoms with Gasteiger partial charge in [-0.15, -0.1) is 12.4 Å². The molecule has 3 rings (SSSR count). The standard InChI is InChI=1S/C20H27N3O.ClH/c1-15-12-18(19(24)22-20(14-21)10-6-7-11-20)16(2)23(15)13-17-8-4-3-5-9-17;/h3-5,8-9,12H,6-7,10-11,13-14,21H2,1-2H3,(H,22,24);1H. The average Bonchev–Trinajstić information content (AvgIpc) is 3.16. The Hall–Kier alpha value is -1.78. The zero-order chi connectivity index (χ0) is 17.2. The summed E-state index contributed by atoms with van der Waals surface area (Å²) in [7, 11) is 0. The van der Waals surface area contributed by atoms with Gasteiger partial charge < -0.3 is 15.6 Å². The van der Waals surface area contributed by atoms with E-state index in [0.29, 0.717) is 6.54 Å². The zero-order valence-corrected chi connectivity index (χ0v) is 15.9. The van der Waals surface area contributed by atoms with E-state index >= 15 is 0 Å². The number of amides is 1. The number of halogens is 1. The lowest BCUT2D eigenvalue weighted by Crippen LogP contribution is -2.51. The van der Waals surface area contributed by atoms with Crippen LogP contribution in [0.2, 0.25) is 0 Å². The minimum atomic E-state index is -0.209. The summed E-state index contributed by atoms with van der Waals surface area (Å²) in [6.45, 7) is 5.38. The molecule has 1 amide bonds. The molecule has 0 aliphatic heterocycles. The fraction of sp³-hybridized carbons (Fsp3) is 0.450. The molecule has 3 N–H and O–H groups in total. The summed E-state index contributed by atoms with van der Waals surface area (Å²) in [6, 6.07) is 12.3. The van der Waals surface area contributed by atoms with Gasteiger partial charge in [0, 0.05) is 24.5 Å². The zero-order valence-electron chi connectivity index (χ0n) is 15.0. The summed E-state index contributed by atoms with van der Waals surface area (Å²) >= 11 is 0. The number of aromatic nitrogens is 1. The van der Waals surface area contributed by atoms with E-state index in [-0.39, 0.29) is 23.9 Å². The lowest BCUT2D eigenvalue weighted by atomic mass is 9.97. The van der Waals surface area contributed by atoms with Crippen molar-refractivity contribution >= 4 is 18.3 Å². The van der Waals surface area contributed by atoms with E-state index in [2.05, 4.69) is 28.9 Å². The highest BCUT2D eigenvalue weighted by Gasteiger charge is 2.34. The maximum Gasteiger partial charge on any atom is 0.253 e. The Kier molecular flexibility index (Phi) is 6.31. The van der Waals surface area contributed by atoms with E-state index in [0.717, 1.165) is 49.2 Å².